The number of hydrogen-bond donors (Lipinski definition) is 1. The van der Waals surface area contributed by atoms with E-state index in [1.54, 1.807) is 30.3 Å². The fourth-order valence-corrected chi connectivity index (χ4v) is 1.77. The van der Waals surface area contributed by atoms with Gasteiger partial charge in [-0.3, -0.25) is 0 Å². The Hall–Kier alpha value is -1.74. The molecule has 0 radical (unpaired) electrons. The fourth-order valence-electron chi connectivity index (χ4n) is 1.77. The summed E-state index contributed by atoms with van der Waals surface area (Å²) in [6.45, 7) is 0.627. The van der Waals surface area contributed by atoms with Crippen molar-refractivity contribution in [1.82, 2.24) is 5.32 Å². The summed E-state index contributed by atoms with van der Waals surface area (Å²) in [6, 6.07) is 10.9. The molecule has 0 amide bonds. The number of halogens is 2. The second-order valence-electron chi connectivity index (χ2n) is 3.82. The number of benzene rings is 2. The van der Waals surface area contributed by atoms with Crippen LogP contribution >= 0.6 is 0 Å². The van der Waals surface area contributed by atoms with Gasteiger partial charge in [0.15, 0.2) is 0 Å². The molecule has 0 bridgehead atoms. The van der Waals surface area contributed by atoms with Gasteiger partial charge in [-0.2, -0.15) is 0 Å². The van der Waals surface area contributed by atoms with Crippen molar-refractivity contribution in [2.75, 3.05) is 7.05 Å². The van der Waals surface area contributed by atoms with Crippen LogP contribution in [0.5, 0.6) is 0 Å². The molecule has 0 unspecified atom stereocenters. The Labute approximate surface area is 99.1 Å². The molecular formula is C14H13F2N. The van der Waals surface area contributed by atoms with Crippen molar-refractivity contribution in [3.63, 3.8) is 0 Å². The van der Waals surface area contributed by atoms with Crippen molar-refractivity contribution in [2.24, 2.45) is 0 Å². The van der Waals surface area contributed by atoms with Crippen molar-refractivity contribution < 1.29 is 8.78 Å². The van der Waals surface area contributed by atoms with E-state index in [9.17, 15) is 8.78 Å². The molecule has 0 aliphatic heterocycles. The van der Waals surface area contributed by atoms with E-state index in [4.69, 9.17) is 0 Å². The molecule has 2 aromatic rings. The van der Waals surface area contributed by atoms with Crippen LogP contribution in [0.15, 0.2) is 42.5 Å². The molecule has 0 fully saturated rings. The predicted molar refractivity (Wildman–Crippen MR) is 64.6 cm³/mol. The Kier molecular flexibility index (Phi) is 3.49. The quantitative estimate of drug-likeness (QED) is 0.857. The molecule has 3 heteroatoms. The smallest absolute Gasteiger partial charge is 0.131 e. The van der Waals surface area contributed by atoms with Crippen molar-refractivity contribution in [2.45, 2.75) is 6.54 Å². The second-order valence-corrected chi connectivity index (χ2v) is 3.82. The van der Waals surface area contributed by atoms with Crippen LogP contribution in [0, 0.1) is 11.6 Å². The van der Waals surface area contributed by atoms with Crippen molar-refractivity contribution in [3.8, 4) is 11.1 Å². The van der Waals surface area contributed by atoms with Gasteiger partial charge < -0.3 is 5.32 Å². The first-order valence-corrected chi connectivity index (χ1v) is 5.40. The summed E-state index contributed by atoms with van der Waals surface area (Å²) >= 11 is 0. The molecule has 2 rings (SSSR count). The Balaban J connectivity index is 2.51. The lowest BCUT2D eigenvalue weighted by molar-refractivity contribution is 0.615. The van der Waals surface area contributed by atoms with Gasteiger partial charge in [-0.15, -0.1) is 0 Å². The van der Waals surface area contributed by atoms with E-state index in [1.807, 2.05) is 7.05 Å². The average Bonchev–Trinajstić information content (AvgIpc) is 2.33. The van der Waals surface area contributed by atoms with Crippen molar-refractivity contribution in [1.29, 1.82) is 0 Å². The largest absolute Gasteiger partial charge is 0.316 e. The fraction of sp³-hybridized carbons (Fsp3) is 0.143. The molecule has 0 aliphatic carbocycles. The van der Waals surface area contributed by atoms with Gasteiger partial charge >= 0.3 is 0 Å². The first-order chi connectivity index (χ1) is 8.22. The van der Waals surface area contributed by atoms with Crippen LogP contribution < -0.4 is 5.32 Å². The van der Waals surface area contributed by atoms with Crippen LogP contribution in [0.2, 0.25) is 0 Å². The Bertz CT molecular complexity index is 523. The monoisotopic (exact) mass is 233 g/mol. The average molecular weight is 233 g/mol. The lowest BCUT2D eigenvalue weighted by Crippen LogP contribution is -2.05. The lowest BCUT2D eigenvalue weighted by atomic mass is 10.0. The molecule has 0 saturated heterocycles. The van der Waals surface area contributed by atoms with Gasteiger partial charge in [-0.1, -0.05) is 24.3 Å². The summed E-state index contributed by atoms with van der Waals surface area (Å²) in [4.78, 5) is 0. The maximum absolute atomic E-state index is 13.7. The first kappa shape index (κ1) is 11.7. The molecule has 0 spiro atoms. The molecule has 0 aliphatic rings. The lowest BCUT2D eigenvalue weighted by Gasteiger charge is -2.07. The molecule has 0 aromatic heterocycles. The highest BCUT2D eigenvalue weighted by molar-refractivity contribution is 5.65. The molecule has 1 nitrogen and oxygen atoms in total. The third-order valence-electron chi connectivity index (χ3n) is 2.58. The maximum atomic E-state index is 13.7. The predicted octanol–water partition coefficient (Wildman–Crippen LogP) is 3.35. The van der Waals surface area contributed by atoms with Crippen LogP contribution in [0.3, 0.4) is 0 Å². The minimum absolute atomic E-state index is 0.294. The molecule has 0 atom stereocenters. The van der Waals surface area contributed by atoms with Crippen LogP contribution in [-0.2, 0) is 6.54 Å². The third kappa shape index (κ3) is 2.50. The number of hydrogen-bond acceptors (Lipinski definition) is 1. The highest BCUT2D eigenvalue weighted by Crippen LogP contribution is 2.26. The Morgan fingerprint density at radius 3 is 2.35 bits per heavy atom. The van der Waals surface area contributed by atoms with Gasteiger partial charge in [-0.25, -0.2) is 8.78 Å². The first-order valence-electron chi connectivity index (χ1n) is 5.40. The third-order valence-corrected chi connectivity index (χ3v) is 2.58. The topological polar surface area (TPSA) is 12.0 Å². The van der Waals surface area contributed by atoms with E-state index in [1.165, 1.54) is 12.1 Å². The summed E-state index contributed by atoms with van der Waals surface area (Å²) in [5.41, 5.74) is 1.52. The van der Waals surface area contributed by atoms with Gasteiger partial charge in [0.1, 0.15) is 11.6 Å². The van der Waals surface area contributed by atoms with E-state index < -0.39 is 11.6 Å². The summed E-state index contributed by atoms with van der Waals surface area (Å²) in [6.07, 6.45) is 0. The summed E-state index contributed by atoms with van der Waals surface area (Å²) in [5, 5.41) is 2.98. The molecule has 17 heavy (non-hydrogen) atoms. The number of nitrogens with one attached hydrogen (secondary N) is 1. The number of rotatable bonds is 3. The minimum atomic E-state index is -0.409. The summed E-state index contributed by atoms with van der Waals surface area (Å²) < 4.78 is 27.3. The van der Waals surface area contributed by atoms with E-state index in [-0.39, 0.29) is 0 Å². The Morgan fingerprint density at radius 2 is 1.65 bits per heavy atom. The van der Waals surface area contributed by atoms with Crippen LogP contribution in [-0.4, -0.2) is 7.05 Å². The minimum Gasteiger partial charge on any atom is -0.316 e. The van der Waals surface area contributed by atoms with E-state index in [0.717, 1.165) is 5.56 Å². The van der Waals surface area contributed by atoms with Crippen molar-refractivity contribution in [3.05, 3.63) is 59.7 Å². The molecule has 1 N–H and O–H groups in total. The Morgan fingerprint density at radius 1 is 0.941 bits per heavy atom. The summed E-state index contributed by atoms with van der Waals surface area (Å²) in [7, 11) is 1.81. The van der Waals surface area contributed by atoms with Gasteiger partial charge in [0.25, 0.3) is 0 Å². The molecular weight excluding hydrogens is 220 g/mol. The van der Waals surface area contributed by atoms with E-state index >= 15 is 0 Å². The van der Waals surface area contributed by atoms with Crippen LogP contribution in [0.4, 0.5) is 8.78 Å². The zero-order chi connectivity index (χ0) is 12.3. The molecule has 0 heterocycles. The van der Waals surface area contributed by atoms with E-state index in [2.05, 4.69) is 5.32 Å². The normalized spacial score (nSPS) is 10.5. The molecule has 0 saturated carbocycles. The SMILES string of the molecule is CNCc1ccc(F)c(-c2ccccc2F)c1. The van der Waals surface area contributed by atoms with Crippen molar-refractivity contribution >= 4 is 0 Å². The van der Waals surface area contributed by atoms with Gasteiger partial charge in [0.2, 0.25) is 0 Å². The maximum Gasteiger partial charge on any atom is 0.131 e. The van der Waals surface area contributed by atoms with Gasteiger partial charge in [0, 0.05) is 17.7 Å². The highest BCUT2D eigenvalue weighted by atomic mass is 19.1. The van der Waals surface area contributed by atoms with Gasteiger partial charge in [-0.05, 0) is 30.8 Å². The van der Waals surface area contributed by atoms with Crippen LogP contribution in [0.25, 0.3) is 11.1 Å². The highest BCUT2D eigenvalue weighted by Gasteiger charge is 2.09. The summed E-state index contributed by atoms with van der Waals surface area (Å²) in [5.74, 6) is -0.817. The van der Waals surface area contributed by atoms with Crippen LogP contribution in [0.1, 0.15) is 5.56 Å². The zero-order valence-electron chi connectivity index (χ0n) is 9.50. The molecule has 88 valence electrons. The standard InChI is InChI=1S/C14H13F2N/c1-17-9-10-6-7-14(16)12(8-10)11-4-2-3-5-13(11)15/h2-8,17H,9H2,1H3. The van der Waals surface area contributed by atoms with Gasteiger partial charge in [0.05, 0.1) is 0 Å². The second kappa shape index (κ2) is 5.06. The molecule has 2 aromatic carbocycles. The van der Waals surface area contributed by atoms with E-state index in [0.29, 0.717) is 17.7 Å². The zero-order valence-corrected chi connectivity index (χ0v) is 9.50.